The second-order valence-corrected chi connectivity index (χ2v) is 5.68. The van der Waals surface area contributed by atoms with Crippen molar-refractivity contribution in [3.63, 3.8) is 0 Å². The molecule has 1 N–H and O–H groups in total. The molecule has 0 saturated heterocycles. The Morgan fingerprint density at radius 2 is 2.15 bits per heavy atom. The Kier molecular flexibility index (Phi) is 6.05. The van der Waals surface area contributed by atoms with E-state index in [0.29, 0.717) is 6.61 Å². The van der Waals surface area contributed by atoms with Crippen molar-refractivity contribution in [3.8, 4) is 5.75 Å². The zero-order valence-electron chi connectivity index (χ0n) is 12.1. The van der Waals surface area contributed by atoms with Crippen molar-refractivity contribution in [1.29, 1.82) is 0 Å². The first kappa shape index (κ1) is 15.0. The summed E-state index contributed by atoms with van der Waals surface area (Å²) >= 11 is 1.74. The third-order valence-corrected chi connectivity index (χ3v) is 3.79. The molecule has 0 aliphatic rings. The summed E-state index contributed by atoms with van der Waals surface area (Å²) in [5.41, 5.74) is 2.62. The van der Waals surface area contributed by atoms with Gasteiger partial charge in [-0.15, -0.1) is 0 Å². The second kappa shape index (κ2) is 8.04. The first-order valence-corrected chi connectivity index (χ1v) is 7.78. The summed E-state index contributed by atoms with van der Waals surface area (Å²) in [5, 5.41) is 7.46. The molecule has 3 nitrogen and oxygen atoms in total. The standard InChI is InChI=1S/C16H22N2OS/c1-17-11-14-4-3-5-16(10-14)19-8-7-18(2)12-15-6-9-20-13-15/h3-6,9-10,13,17H,7-8,11-12H2,1-2H3. The van der Waals surface area contributed by atoms with Gasteiger partial charge in [-0.1, -0.05) is 12.1 Å². The average Bonchev–Trinajstić information content (AvgIpc) is 2.92. The largest absolute Gasteiger partial charge is 0.492 e. The van der Waals surface area contributed by atoms with Crippen LogP contribution in [-0.2, 0) is 13.1 Å². The molecule has 1 aromatic heterocycles. The number of nitrogens with zero attached hydrogens (tertiary/aromatic N) is 1. The molecule has 1 heterocycles. The van der Waals surface area contributed by atoms with Gasteiger partial charge >= 0.3 is 0 Å². The minimum absolute atomic E-state index is 0.712. The van der Waals surface area contributed by atoms with Crippen molar-refractivity contribution in [2.24, 2.45) is 0 Å². The van der Waals surface area contributed by atoms with Gasteiger partial charge in [0.25, 0.3) is 0 Å². The van der Waals surface area contributed by atoms with Gasteiger partial charge in [-0.3, -0.25) is 4.90 Å². The Morgan fingerprint density at radius 3 is 2.90 bits per heavy atom. The third kappa shape index (κ3) is 4.96. The van der Waals surface area contributed by atoms with Crippen LogP contribution in [0.5, 0.6) is 5.75 Å². The predicted octanol–water partition coefficient (Wildman–Crippen LogP) is 2.98. The molecular formula is C16H22N2OS. The number of nitrogens with one attached hydrogen (secondary N) is 1. The molecule has 20 heavy (non-hydrogen) atoms. The van der Waals surface area contributed by atoms with E-state index in [1.165, 1.54) is 11.1 Å². The Bertz CT molecular complexity index is 499. The fraction of sp³-hybridized carbons (Fsp3) is 0.375. The van der Waals surface area contributed by atoms with Gasteiger partial charge in [0, 0.05) is 19.6 Å². The molecule has 0 atom stereocenters. The molecule has 0 aliphatic heterocycles. The van der Waals surface area contributed by atoms with Crippen LogP contribution in [0.1, 0.15) is 11.1 Å². The highest BCUT2D eigenvalue weighted by Gasteiger charge is 2.02. The number of hydrogen-bond acceptors (Lipinski definition) is 4. The highest BCUT2D eigenvalue weighted by Crippen LogP contribution is 2.13. The van der Waals surface area contributed by atoms with Gasteiger partial charge < -0.3 is 10.1 Å². The van der Waals surface area contributed by atoms with Crippen LogP contribution in [0.2, 0.25) is 0 Å². The number of hydrogen-bond donors (Lipinski definition) is 1. The van der Waals surface area contributed by atoms with Gasteiger partial charge in [-0.25, -0.2) is 0 Å². The molecule has 1 aromatic carbocycles. The predicted molar refractivity (Wildman–Crippen MR) is 85.4 cm³/mol. The van der Waals surface area contributed by atoms with E-state index in [0.717, 1.165) is 25.4 Å². The molecular weight excluding hydrogens is 268 g/mol. The number of likely N-dealkylation sites (N-methyl/N-ethyl adjacent to an activating group) is 1. The second-order valence-electron chi connectivity index (χ2n) is 4.90. The maximum absolute atomic E-state index is 5.82. The Balaban J connectivity index is 1.73. The summed E-state index contributed by atoms with van der Waals surface area (Å²) in [6.45, 7) is 3.48. The average molecular weight is 290 g/mol. The van der Waals surface area contributed by atoms with E-state index < -0.39 is 0 Å². The van der Waals surface area contributed by atoms with Gasteiger partial charge in [0.1, 0.15) is 12.4 Å². The van der Waals surface area contributed by atoms with E-state index in [2.05, 4.69) is 46.2 Å². The van der Waals surface area contributed by atoms with Crippen molar-refractivity contribution >= 4 is 11.3 Å². The lowest BCUT2D eigenvalue weighted by atomic mass is 10.2. The van der Waals surface area contributed by atoms with Gasteiger partial charge in [0.15, 0.2) is 0 Å². The van der Waals surface area contributed by atoms with Gasteiger partial charge in [0.05, 0.1) is 0 Å². The smallest absolute Gasteiger partial charge is 0.119 e. The topological polar surface area (TPSA) is 24.5 Å². The molecule has 2 rings (SSSR count). The van der Waals surface area contributed by atoms with Crippen LogP contribution in [0.25, 0.3) is 0 Å². The molecule has 0 saturated carbocycles. The summed E-state index contributed by atoms with van der Waals surface area (Å²) in [4.78, 5) is 2.28. The van der Waals surface area contributed by atoms with Crippen molar-refractivity contribution in [2.45, 2.75) is 13.1 Å². The Hall–Kier alpha value is -1.36. The van der Waals surface area contributed by atoms with Crippen LogP contribution >= 0.6 is 11.3 Å². The van der Waals surface area contributed by atoms with Crippen molar-refractivity contribution in [2.75, 3.05) is 27.2 Å². The van der Waals surface area contributed by atoms with E-state index in [1.807, 2.05) is 19.2 Å². The number of ether oxygens (including phenoxy) is 1. The lowest BCUT2D eigenvalue weighted by molar-refractivity contribution is 0.233. The van der Waals surface area contributed by atoms with Gasteiger partial charge in [0.2, 0.25) is 0 Å². The molecule has 0 radical (unpaired) electrons. The van der Waals surface area contributed by atoms with Crippen LogP contribution in [0.3, 0.4) is 0 Å². The van der Waals surface area contributed by atoms with Crippen LogP contribution in [-0.4, -0.2) is 32.1 Å². The molecule has 0 aliphatic carbocycles. The monoisotopic (exact) mass is 290 g/mol. The molecule has 0 amide bonds. The normalized spacial score (nSPS) is 10.9. The zero-order chi connectivity index (χ0) is 14.2. The number of thiophene rings is 1. The maximum Gasteiger partial charge on any atom is 0.119 e. The molecule has 0 spiro atoms. The van der Waals surface area contributed by atoms with Crippen LogP contribution < -0.4 is 10.1 Å². The minimum Gasteiger partial charge on any atom is -0.492 e. The molecule has 0 fully saturated rings. The van der Waals surface area contributed by atoms with Gasteiger partial charge in [-0.2, -0.15) is 11.3 Å². The van der Waals surface area contributed by atoms with Crippen molar-refractivity contribution < 1.29 is 4.74 Å². The quantitative estimate of drug-likeness (QED) is 0.809. The van der Waals surface area contributed by atoms with Gasteiger partial charge in [-0.05, 0) is 54.2 Å². The summed E-state index contributed by atoms with van der Waals surface area (Å²) in [5.74, 6) is 0.946. The van der Waals surface area contributed by atoms with Crippen LogP contribution in [0.15, 0.2) is 41.1 Å². The molecule has 0 unspecified atom stereocenters. The molecule has 108 valence electrons. The fourth-order valence-electron chi connectivity index (χ4n) is 2.04. The van der Waals surface area contributed by atoms with E-state index >= 15 is 0 Å². The van der Waals surface area contributed by atoms with E-state index in [1.54, 1.807) is 11.3 Å². The first-order chi connectivity index (χ1) is 9.78. The SMILES string of the molecule is CNCc1cccc(OCCN(C)Cc2ccsc2)c1. The van der Waals surface area contributed by atoms with E-state index in [9.17, 15) is 0 Å². The van der Waals surface area contributed by atoms with Crippen LogP contribution in [0, 0.1) is 0 Å². The lowest BCUT2D eigenvalue weighted by Crippen LogP contribution is -2.23. The first-order valence-electron chi connectivity index (χ1n) is 6.84. The van der Waals surface area contributed by atoms with Crippen molar-refractivity contribution in [3.05, 3.63) is 52.2 Å². The highest BCUT2D eigenvalue weighted by atomic mass is 32.1. The van der Waals surface area contributed by atoms with Crippen LogP contribution in [0.4, 0.5) is 0 Å². The van der Waals surface area contributed by atoms with E-state index in [-0.39, 0.29) is 0 Å². The lowest BCUT2D eigenvalue weighted by Gasteiger charge is -2.16. The summed E-state index contributed by atoms with van der Waals surface area (Å²) in [6.07, 6.45) is 0. The Morgan fingerprint density at radius 1 is 1.25 bits per heavy atom. The highest BCUT2D eigenvalue weighted by molar-refractivity contribution is 7.07. The summed E-state index contributed by atoms with van der Waals surface area (Å²) in [7, 11) is 4.07. The Labute approximate surface area is 125 Å². The number of rotatable bonds is 8. The van der Waals surface area contributed by atoms with Crippen molar-refractivity contribution in [1.82, 2.24) is 10.2 Å². The van der Waals surface area contributed by atoms with E-state index in [4.69, 9.17) is 4.74 Å². The molecule has 4 heteroatoms. The fourth-order valence-corrected chi connectivity index (χ4v) is 2.70. The third-order valence-electron chi connectivity index (χ3n) is 3.05. The molecule has 0 bridgehead atoms. The number of benzene rings is 1. The minimum atomic E-state index is 0.712. The zero-order valence-corrected chi connectivity index (χ0v) is 13.0. The summed E-state index contributed by atoms with van der Waals surface area (Å²) < 4.78 is 5.82. The maximum atomic E-state index is 5.82. The summed E-state index contributed by atoms with van der Waals surface area (Å²) in [6, 6.07) is 10.4. The molecule has 2 aromatic rings.